The summed E-state index contributed by atoms with van der Waals surface area (Å²) in [5.41, 5.74) is 0. The van der Waals surface area contributed by atoms with E-state index in [-0.39, 0.29) is 5.91 Å². The number of amides is 1. The summed E-state index contributed by atoms with van der Waals surface area (Å²) in [7, 11) is -4.16. The predicted molar refractivity (Wildman–Crippen MR) is 117 cm³/mol. The number of piperazine rings is 1. The highest BCUT2D eigenvalue weighted by Crippen LogP contribution is 2.17. The van der Waals surface area contributed by atoms with Gasteiger partial charge in [-0.1, -0.05) is 18.2 Å². The van der Waals surface area contributed by atoms with Crippen LogP contribution in [0.25, 0.3) is 0 Å². The number of hydrogen-bond donors (Lipinski definition) is 1. The molecule has 1 atom stereocenters. The minimum absolute atomic E-state index is 0.287. The molecule has 0 aliphatic carbocycles. The first-order valence-electron chi connectivity index (χ1n) is 9.63. The van der Waals surface area contributed by atoms with E-state index in [0.717, 1.165) is 11.9 Å². The fourth-order valence-corrected chi connectivity index (χ4v) is 5.07. The van der Waals surface area contributed by atoms with Gasteiger partial charge in [-0.2, -0.15) is 16.5 Å². The second-order valence-corrected chi connectivity index (χ2v) is 9.55. The molecular weight excluding hydrogens is 427 g/mol. The zero-order valence-electron chi connectivity index (χ0n) is 16.7. The van der Waals surface area contributed by atoms with Gasteiger partial charge in [0, 0.05) is 32.4 Å². The van der Waals surface area contributed by atoms with E-state index in [2.05, 4.69) is 14.6 Å². The van der Waals surface area contributed by atoms with Gasteiger partial charge in [0.1, 0.15) is 22.6 Å². The number of halogens is 1. The Bertz CT molecular complexity index is 952. The molecule has 1 aliphatic rings. The summed E-state index contributed by atoms with van der Waals surface area (Å²) in [6, 6.07) is 9.89. The molecule has 10 heteroatoms. The maximum atomic E-state index is 14.0. The van der Waals surface area contributed by atoms with Crippen molar-refractivity contribution in [3.05, 3.63) is 54.5 Å². The van der Waals surface area contributed by atoms with Gasteiger partial charge in [0.2, 0.25) is 15.9 Å². The average molecular weight is 453 g/mol. The van der Waals surface area contributed by atoms with Crippen molar-refractivity contribution >= 4 is 33.5 Å². The Morgan fingerprint density at radius 1 is 1.17 bits per heavy atom. The number of carbonyl (C=O) groups is 1. The lowest BCUT2D eigenvalue weighted by Crippen LogP contribution is -2.55. The molecule has 30 heavy (non-hydrogen) atoms. The molecule has 2 heterocycles. The van der Waals surface area contributed by atoms with Crippen molar-refractivity contribution in [3.8, 4) is 0 Å². The predicted octanol–water partition coefficient (Wildman–Crippen LogP) is 1.97. The Kier molecular flexibility index (Phi) is 7.68. The molecule has 0 radical (unpaired) electrons. The van der Waals surface area contributed by atoms with Gasteiger partial charge in [0.15, 0.2) is 0 Å². The van der Waals surface area contributed by atoms with E-state index >= 15 is 0 Å². The molecule has 0 bridgehead atoms. The monoisotopic (exact) mass is 452 g/mol. The van der Waals surface area contributed by atoms with Crippen LogP contribution in [0, 0.1) is 5.82 Å². The number of pyridine rings is 1. The maximum absolute atomic E-state index is 14.0. The molecule has 7 nitrogen and oxygen atoms in total. The fourth-order valence-electron chi connectivity index (χ4n) is 3.30. The number of carbonyl (C=O) groups excluding carboxylic acids is 1. The maximum Gasteiger partial charge on any atom is 0.244 e. The molecule has 1 aliphatic heterocycles. The number of nitrogens with one attached hydrogen (secondary N) is 1. The Labute approximate surface area is 180 Å². The van der Waals surface area contributed by atoms with Crippen LogP contribution >= 0.6 is 11.8 Å². The molecule has 3 rings (SSSR count). The number of nitrogens with zero attached hydrogens (tertiary/aromatic N) is 3. The lowest BCUT2D eigenvalue weighted by Gasteiger charge is -2.37. The molecule has 2 aromatic rings. The van der Waals surface area contributed by atoms with Gasteiger partial charge in [-0.15, -0.1) is 0 Å². The van der Waals surface area contributed by atoms with Gasteiger partial charge in [-0.3, -0.25) is 4.79 Å². The number of rotatable bonds is 8. The molecule has 0 spiro atoms. The molecule has 0 saturated carbocycles. The normalized spacial score (nSPS) is 15.8. The molecule has 1 saturated heterocycles. The summed E-state index contributed by atoms with van der Waals surface area (Å²) in [6.45, 7) is 2.15. The molecule has 1 N–H and O–H groups in total. The van der Waals surface area contributed by atoms with Crippen LogP contribution in [-0.4, -0.2) is 68.4 Å². The fraction of sp³-hybridized carbons (Fsp3) is 0.400. The van der Waals surface area contributed by atoms with E-state index in [1.165, 1.54) is 30.0 Å². The van der Waals surface area contributed by atoms with Crippen molar-refractivity contribution in [1.29, 1.82) is 0 Å². The SMILES string of the molecule is CSCC[C@@H](NS(=O)(=O)c1ccccc1F)C(=O)N1CCN(c2ccccn2)CC1. The summed E-state index contributed by atoms with van der Waals surface area (Å²) < 4.78 is 41.9. The lowest BCUT2D eigenvalue weighted by atomic mass is 10.2. The van der Waals surface area contributed by atoms with E-state index in [9.17, 15) is 17.6 Å². The van der Waals surface area contributed by atoms with Crippen LogP contribution in [0.1, 0.15) is 6.42 Å². The number of benzene rings is 1. The van der Waals surface area contributed by atoms with Gasteiger partial charge in [-0.25, -0.2) is 17.8 Å². The van der Waals surface area contributed by atoms with Crippen LogP contribution in [0.5, 0.6) is 0 Å². The van der Waals surface area contributed by atoms with Crippen LogP contribution in [0.4, 0.5) is 10.2 Å². The zero-order valence-corrected chi connectivity index (χ0v) is 18.3. The number of aromatic nitrogens is 1. The summed E-state index contributed by atoms with van der Waals surface area (Å²) in [5, 5.41) is 0. The molecule has 1 fully saturated rings. The van der Waals surface area contributed by atoms with Crippen LogP contribution < -0.4 is 9.62 Å². The van der Waals surface area contributed by atoms with Crippen molar-refractivity contribution < 1.29 is 17.6 Å². The highest BCUT2D eigenvalue weighted by Gasteiger charge is 2.32. The third-order valence-corrected chi connectivity index (χ3v) is 7.05. The molecule has 1 aromatic carbocycles. The topological polar surface area (TPSA) is 82.6 Å². The van der Waals surface area contributed by atoms with Crippen LogP contribution in [0.15, 0.2) is 53.6 Å². The van der Waals surface area contributed by atoms with Crippen molar-refractivity contribution in [1.82, 2.24) is 14.6 Å². The standard InChI is InChI=1S/C20H25FN4O3S2/c1-29-15-9-17(23-30(27,28)18-7-3-2-6-16(18)21)20(26)25-13-11-24(12-14-25)19-8-4-5-10-22-19/h2-8,10,17,23H,9,11-15H2,1H3/t17-/m1/s1. The van der Waals surface area contributed by atoms with Gasteiger partial charge in [-0.05, 0) is 42.7 Å². The smallest absolute Gasteiger partial charge is 0.244 e. The van der Waals surface area contributed by atoms with Crippen LogP contribution in [0.3, 0.4) is 0 Å². The molecular formula is C20H25FN4O3S2. The molecule has 1 amide bonds. The zero-order chi connectivity index (χ0) is 21.6. The van der Waals surface area contributed by atoms with Crippen LogP contribution in [-0.2, 0) is 14.8 Å². The molecule has 0 unspecified atom stereocenters. The van der Waals surface area contributed by atoms with E-state index in [1.54, 1.807) is 11.1 Å². The minimum Gasteiger partial charge on any atom is -0.353 e. The summed E-state index contributed by atoms with van der Waals surface area (Å²) in [5.74, 6) is 0.322. The first-order chi connectivity index (χ1) is 14.4. The third-order valence-electron chi connectivity index (χ3n) is 4.90. The van der Waals surface area contributed by atoms with E-state index in [4.69, 9.17) is 0 Å². The Hall–Kier alpha value is -2.17. The number of hydrogen-bond acceptors (Lipinski definition) is 6. The number of anilines is 1. The lowest BCUT2D eigenvalue weighted by molar-refractivity contribution is -0.133. The Morgan fingerprint density at radius 2 is 1.87 bits per heavy atom. The Balaban J connectivity index is 1.69. The van der Waals surface area contributed by atoms with E-state index < -0.39 is 26.8 Å². The average Bonchev–Trinajstić information content (AvgIpc) is 2.77. The second kappa shape index (κ2) is 10.2. The van der Waals surface area contributed by atoms with Crippen molar-refractivity contribution in [2.75, 3.05) is 43.1 Å². The van der Waals surface area contributed by atoms with Crippen molar-refractivity contribution in [2.24, 2.45) is 0 Å². The summed E-state index contributed by atoms with van der Waals surface area (Å²) >= 11 is 1.52. The van der Waals surface area contributed by atoms with Gasteiger partial charge < -0.3 is 9.80 Å². The highest BCUT2D eigenvalue weighted by atomic mass is 32.2. The minimum atomic E-state index is -4.16. The van der Waals surface area contributed by atoms with E-state index in [1.807, 2.05) is 24.5 Å². The second-order valence-electron chi connectivity index (χ2n) is 6.89. The quantitative estimate of drug-likeness (QED) is 0.660. The largest absolute Gasteiger partial charge is 0.353 e. The summed E-state index contributed by atoms with van der Waals surface area (Å²) in [6.07, 6.45) is 3.94. The number of sulfonamides is 1. The third kappa shape index (κ3) is 5.50. The highest BCUT2D eigenvalue weighted by molar-refractivity contribution is 7.98. The first-order valence-corrected chi connectivity index (χ1v) is 12.5. The van der Waals surface area contributed by atoms with E-state index in [0.29, 0.717) is 38.4 Å². The van der Waals surface area contributed by atoms with Gasteiger partial charge >= 0.3 is 0 Å². The molecule has 162 valence electrons. The van der Waals surface area contributed by atoms with Crippen LogP contribution in [0.2, 0.25) is 0 Å². The summed E-state index contributed by atoms with van der Waals surface area (Å²) in [4.78, 5) is 20.7. The molecule has 1 aromatic heterocycles. The first kappa shape index (κ1) is 22.5. The number of thioether (sulfide) groups is 1. The van der Waals surface area contributed by atoms with Gasteiger partial charge in [0.05, 0.1) is 0 Å². The van der Waals surface area contributed by atoms with Crippen molar-refractivity contribution in [2.45, 2.75) is 17.4 Å². The van der Waals surface area contributed by atoms with Gasteiger partial charge in [0.25, 0.3) is 0 Å². The van der Waals surface area contributed by atoms with Crippen molar-refractivity contribution in [3.63, 3.8) is 0 Å². The Morgan fingerprint density at radius 3 is 2.50 bits per heavy atom.